The Bertz CT molecular complexity index is 985. The molecule has 0 fully saturated rings. The number of phenolic OH excluding ortho intramolecular Hbond substituents is 1. The van der Waals surface area contributed by atoms with Gasteiger partial charge in [-0.2, -0.15) is 0 Å². The summed E-state index contributed by atoms with van der Waals surface area (Å²) >= 11 is 0. The lowest BCUT2D eigenvalue weighted by atomic mass is 9.77. The first-order valence-electron chi connectivity index (χ1n) is 9.36. The smallest absolute Gasteiger partial charge is 0.240 e. The number of fused-ring (bicyclic) bond motifs is 3. The van der Waals surface area contributed by atoms with E-state index in [0.717, 1.165) is 29.7 Å². The number of benzene rings is 2. The molecule has 2 aliphatic rings. The number of phenols is 1. The van der Waals surface area contributed by atoms with Crippen LogP contribution >= 0.6 is 0 Å². The molecule has 1 aliphatic carbocycles. The maximum Gasteiger partial charge on any atom is 0.240 e. The summed E-state index contributed by atoms with van der Waals surface area (Å²) in [4.78, 5) is 0.302. The van der Waals surface area contributed by atoms with Gasteiger partial charge in [-0.05, 0) is 48.6 Å². The molecule has 6 heteroatoms. The number of hydrogen-bond donors (Lipinski definition) is 3. The SMILES string of the molecule is CCCNS(=O)(=O)c1ccc2c(c1)C1C=CCC1C(c1ccccc1O)N2. The van der Waals surface area contributed by atoms with Crippen molar-refractivity contribution in [2.24, 2.45) is 5.92 Å². The zero-order valence-corrected chi connectivity index (χ0v) is 16.0. The predicted molar refractivity (Wildman–Crippen MR) is 106 cm³/mol. The molecule has 0 saturated heterocycles. The van der Waals surface area contributed by atoms with E-state index >= 15 is 0 Å². The van der Waals surface area contributed by atoms with E-state index in [0.29, 0.717) is 11.4 Å². The Morgan fingerprint density at radius 2 is 2.00 bits per heavy atom. The fraction of sp³-hybridized carbons (Fsp3) is 0.333. The number of anilines is 1. The lowest BCUT2D eigenvalue weighted by molar-refractivity contribution is 0.402. The predicted octanol–water partition coefficient (Wildman–Crippen LogP) is 3.91. The van der Waals surface area contributed by atoms with Crippen molar-refractivity contribution in [2.45, 2.75) is 36.6 Å². The van der Waals surface area contributed by atoms with E-state index in [9.17, 15) is 13.5 Å². The van der Waals surface area contributed by atoms with Crippen LogP contribution in [0.1, 0.15) is 42.9 Å². The molecule has 4 rings (SSSR count). The quantitative estimate of drug-likeness (QED) is 0.683. The van der Waals surface area contributed by atoms with Gasteiger partial charge in [-0.3, -0.25) is 0 Å². The largest absolute Gasteiger partial charge is 0.508 e. The Morgan fingerprint density at radius 1 is 1.19 bits per heavy atom. The van der Waals surface area contributed by atoms with Gasteiger partial charge < -0.3 is 10.4 Å². The number of aromatic hydroxyl groups is 1. The van der Waals surface area contributed by atoms with Crippen LogP contribution in [0.15, 0.2) is 59.5 Å². The standard InChI is InChI=1S/C21H24N2O3S/c1-2-12-22-27(25,26)14-10-11-19-18(13-14)15-7-5-8-16(15)21(23-19)17-6-3-4-9-20(17)24/h3-7,9-11,13,15-16,21-24H,2,8,12H2,1H3. The number of hydrogen-bond acceptors (Lipinski definition) is 4. The minimum atomic E-state index is -3.50. The lowest BCUT2D eigenvalue weighted by Gasteiger charge is -2.37. The van der Waals surface area contributed by atoms with E-state index in [2.05, 4.69) is 22.2 Å². The highest BCUT2D eigenvalue weighted by molar-refractivity contribution is 7.89. The van der Waals surface area contributed by atoms with Crippen LogP contribution in [-0.4, -0.2) is 20.1 Å². The van der Waals surface area contributed by atoms with Crippen molar-refractivity contribution in [3.63, 3.8) is 0 Å². The highest BCUT2D eigenvalue weighted by atomic mass is 32.2. The second-order valence-electron chi connectivity index (χ2n) is 7.18. The van der Waals surface area contributed by atoms with E-state index < -0.39 is 10.0 Å². The summed E-state index contributed by atoms with van der Waals surface area (Å²) in [6.07, 6.45) is 5.95. The Kier molecular flexibility index (Phi) is 4.70. The molecule has 1 aliphatic heterocycles. The van der Waals surface area contributed by atoms with E-state index in [-0.39, 0.29) is 23.6 Å². The van der Waals surface area contributed by atoms with Crippen LogP contribution in [0.4, 0.5) is 5.69 Å². The van der Waals surface area contributed by atoms with Gasteiger partial charge in [-0.1, -0.05) is 37.3 Å². The van der Waals surface area contributed by atoms with Crippen molar-refractivity contribution in [3.05, 3.63) is 65.7 Å². The van der Waals surface area contributed by atoms with Gasteiger partial charge in [0.25, 0.3) is 0 Å². The molecule has 0 bridgehead atoms. The third-order valence-corrected chi connectivity index (χ3v) is 6.92. The molecule has 0 spiro atoms. The molecule has 2 aromatic rings. The Labute approximate surface area is 160 Å². The summed E-state index contributed by atoms with van der Waals surface area (Å²) in [7, 11) is -3.50. The number of allylic oxidation sites excluding steroid dienone is 2. The average molecular weight is 385 g/mol. The van der Waals surface area contributed by atoms with Crippen molar-refractivity contribution in [1.29, 1.82) is 0 Å². The molecule has 3 N–H and O–H groups in total. The molecular formula is C21H24N2O3S. The molecule has 0 aromatic heterocycles. The van der Waals surface area contributed by atoms with Gasteiger partial charge in [-0.25, -0.2) is 13.1 Å². The first-order valence-corrected chi connectivity index (χ1v) is 10.8. The summed E-state index contributed by atoms with van der Waals surface area (Å²) < 4.78 is 27.7. The number of rotatable bonds is 5. The van der Waals surface area contributed by atoms with E-state index in [1.807, 2.05) is 31.2 Å². The zero-order chi connectivity index (χ0) is 19.0. The molecule has 3 atom stereocenters. The molecule has 5 nitrogen and oxygen atoms in total. The number of para-hydroxylation sites is 1. The topological polar surface area (TPSA) is 78.4 Å². The second-order valence-corrected chi connectivity index (χ2v) is 8.95. The van der Waals surface area contributed by atoms with Crippen LogP contribution in [0.5, 0.6) is 5.75 Å². The molecule has 1 heterocycles. The van der Waals surface area contributed by atoms with E-state index in [1.165, 1.54) is 0 Å². The molecule has 0 radical (unpaired) electrons. The van der Waals surface area contributed by atoms with Gasteiger partial charge in [0.15, 0.2) is 0 Å². The molecule has 3 unspecified atom stereocenters. The Balaban J connectivity index is 1.73. The fourth-order valence-electron chi connectivity index (χ4n) is 4.12. The van der Waals surface area contributed by atoms with Crippen LogP contribution in [0.25, 0.3) is 0 Å². The first-order chi connectivity index (χ1) is 13.0. The van der Waals surface area contributed by atoms with Gasteiger partial charge >= 0.3 is 0 Å². The molecule has 142 valence electrons. The number of nitrogens with one attached hydrogen (secondary N) is 2. The lowest BCUT2D eigenvalue weighted by Crippen LogP contribution is -2.30. The van der Waals surface area contributed by atoms with Crippen LogP contribution in [0.2, 0.25) is 0 Å². The second kappa shape index (κ2) is 7.02. The fourth-order valence-corrected chi connectivity index (χ4v) is 5.29. The van der Waals surface area contributed by atoms with Gasteiger partial charge in [0, 0.05) is 23.7 Å². The van der Waals surface area contributed by atoms with Gasteiger partial charge in [0.05, 0.1) is 10.9 Å². The van der Waals surface area contributed by atoms with Gasteiger partial charge in [0.2, 0.25) is 10.0 Å². The van der Waals surface area contributed by atoms with Crippen LogP contribution in [-0.2, 0) is 10.0 Å². The maximum absolute atomic E-state index is 12.5. The monoisotopic (exact) mass is 384 g/mol. The van der Waals surface area contributed by atoms with Crippen molar-refractivity contribution < 1.29 is 13.5 Å². The highest BCUT2D eigenvalue weighted by Crippen LogP contribution is 2.51. The summed E-state index contributed by atoms with van der Waals surface area (Å²) in [5.74, 6) is 0.659. The molecule has 0 saturated carbocycles. The van der Waals surface area contributed by atoms with Crippen LogP contribution in [0.3, 0.4) is 0 Å². The van der Waals surface area contributed by atoms with Crippen molar-refractivity contribution in [1.82, 2.24) is 4.72 Å². The average Bonchev–Trinajstić information content (AvgIpc) is 3.16. The third kappa shape index (κ3) is 3.24. The Morgan fingerprint density at radius 3 is 2.78 bits per heavy atom. The zero-order valence-electron chi connectivity index (χ0n) is 15.2. The van der Waals surface area contributed by atoms with E-state index in [1.54, 1.807) is 18.2 Å². The van der Waals surface area contributed by atoms with Gasteiger partial charge in [0.1, 0.15) is 5.75 Å². The summed E-state index contributed by atoms with van der Waals surface area (Å²) in [6, 6.07) is 12.7. The molecular weight excluding hydrogens is 360 g/mol. The summed E-state index contributed by atoms with van der Waals surface area (Å²) in [5.41, 5.74) is 2.80. The van der Waals surface area contributed by atoms with Crippen molar-refractivity contribution in [3.8, 4) is 5.75 Å². The number of sulfonamides is 1. The van der Waals surface area contributed by atoms with E-state index in [4.69, 9.17) is 0 Å². The normalized spacial score (nSPS) is 23.5. The maximum atomic E-state index is 12.5. The minimum Gasteiger partial charge on any atom is -0.508 e. The van der Waals surface area contributed by atoms with Crippen molar-refractivity contribution >= 4 is 15.7 Å². The first kappa shape index (κ1) is 18.1. The third-order valence-electron chi connectivity index (χ3n) is 5.46. The van der Waals surface area contributed by atoms with Crippen molar-refractivity contribution in [2.75, 3.05) is 11.9 Å². The summed E-state index contributed by atoms with van der Waals surface area (Å²) in [6.45, 7) is 2.37. The summed E-state index contributed by atoms with van der Waals surface area (Å²) in [5, 5.41) is 13.8. The molecule has 0 amide bonds. The molecule has 27 heavy (non-hydrogen) atoms. The minimum absolute atomic E-state index is 0.0145. The van der Waals surface area contributed by atoms with Gasteiger partial charge in [-0.15, -0.1) is 0 Å². The molecule has 2 aromatic carbocycles. The highest BCUT2D eigenvalue weighted by Gasteiger charge is 2.39. The van der Waals surface area contributed by atoms with Crippen LogP contribution < -0.4 is 10.0 Å². The van der Waals surface area contributed by atoms with Crippen LogP contribution in [0, 0.1) is 5.92 Å². The Hall–Kier alpha value is -2.31.